The van der Waals surface area contributed by atoms with Crippen LogP contribution in [0.15, 0.2) is 48.7 Å². The Bertz CT molecular complexity index is 994. The van der Waals surface area contributed by atoms with Crippen LogP contribution in [0.1, 0.15) is 22.3 Å². The Balaban J connectivity index is 1.67. The molecule has 0 atom stereocenters. The van der Waals surface area contributed by atoms with Gasteiger partial charge in [0.05, 0.1) is 18.8 Å². The number of benzene rings is 2. The predicted molar refractivity (Wildman–Crippen MR) is 103 cm³/mol. The van der Waals surface area contributed by atoms with Crippen LogP contribution in [-0.4, -0.2) is 28.9 Å². The lowest BCUT2D eigenvalue weighted by atomic mass is 10.1. The fourth-order valence-corrected chi connectivity index (χ4v) is 3.10. The van der Waals surface area contributed by atoms with Crippen molar-refractivity contribution in [2.45, 2.75) is 13.3 Å². The van der Waals surface area contributed by atoms with Crippen LogP contribution in [0.4, 0.5) is 5.69 Å². The van der Waals surface area contributed by atoms with E-state index in [0.717, 1.165) is 29.0 Å². The number of fused-ring (bicyclic) bond motifs is 1. The number of hydrogen-bond acceptors (Lipinski definition) is 4. The standard InChI is InChI=1S/C21H21N3O3/c1-14-5-3-6-16(11-14)22-21(25)17-13-24(2)23-20(17)15-7-8-18-19(12-15)27-10-4-9-26-18/h3,5-8,11-13H,4,9-10H2,1-2H3,(H,22,25). The van der Waals surface area contributed by atoms with Crippen LogP contribution in [-0.2, 0) is 7.05 Å². The smallest absolute Gasteiger partial charge is 0.259 e. The lowest BCUT2D eigenvalue weighted by molar-refractivity contribution is 0.102. The van der Waals surface area contributed by atoms with Crippen molar-refractivity contribution in [3.05, 3.63) is 59.8 Å². The minimum atomic E-state index is -0.198. The first kappa shape index (κ1) is 17.1. The summed E-state index contributed by atoms with van der Waals surface area (Å²) in [5.74, 6) is 1.20. The Morgan fingerprint density at radius 1 is 1.11 bits per heavy atom. The maximum atomic E-state index is 12.9. The number of nitrogens with zero attached hydrogens (tertiary/aromatic N) is 2. The number of ether oxygens (including phenoxy) is 2. The molecule has 3 aromatic rings. The molecule has 1 aliphatic heterocycles. The fraction of sp³-hybridized carbons (Fsp3) is 0.238. The second-order valence-corrected chi connectivity index (χ2v) is 6.60. The molecule has 1 N–H and O–H groups in total. The molecule has 0 saturated carbocycles. The van der Waals surface area contributed by atoms with Crippen molar-refractivity contribution in [2.24, 2.45) is 7.05 Å². The summed E-state index contributed by atoms with van der Waals surface area (Å²) in [6, 6.07) is 13.4. The summed E-state index contributed by atoms with van der Waals surface area (Å²) in [5.41, 5.74) is 3.77. The molecule has 4 rings (SSSR count). The van der Waals surface area contributed by atoms with Crippen LogP contribution < -0.4 is 14.8 Å². The lowest BCUT2D eigenvalue weighted by Gasteiger charge is -2.10. The van der Waals surface area contributed by atoms with Gasteiger partial charge in [-0.15, -0.1) is 0 Å². The Hall–Kier alpha value is -3.28. The third-order valence-corrected chi connectivity index (χ3v) is 4.37. The lowest BCUT2D eigenvalue weighted by Crippen LogP contribution is -2.12. The normalized spacial score (nSPS) is 13.1. The topological polar surface area (TPSA) is 65.4 Å². The molecule has 0 fully saturated rings. The number of aromatic nitrogens is 2. The summed E-state index contributed by atoms with van der Waals surface area (Å²) in [5, 5.41) is 7.44. The van der Waals surface area contributed by atoms with Crippen molar-refractivity contribution in [1.82, 2.24) is 9.78 Å². The Labute approximate surface area is 157 Å². The van der Waals surface area contributed by atoms with Gasteiger partial charge in [0.15, 0.2) is 11.5 Å². The van der Waals surface area contributed by atoms with Gasteiger partial charge in [-0.2, -0.15) is 5.10 Å². The van der Waals surface area contributed by atoms with Crippen LogP contribution in [0.3, 0.4) is 0 Å². The van der Waals surface area contributed by atoms with E-state index in [0.29, 0.717) is 30.2 Å². The Kier molecular flexibility index (Phi) is 4.54. The van der Waals surface area contributed by atoms with Gasteiger partial charge in [0.2, 0.25) is 0 Å². The van der Waals surface area contributed by atoms with Gasteiger partial charge in [-0.1, -0.05) is 12.1 Å². The van der Waals surface area contributed by atoms with Crippen molar-refractivity contribution >= 4 is 11.6 Å². The fourth-order valence-electron chi connectivity index (χ4n) is 3.10. The van der Waals surface area contributed by atoms with E-state index < -0.39 is 0 Å². The summed E-state index contributed by atoms with van der Waals surface area (Å²) >= 11 is 0. The first-order chi connectivity index (χ1) is 13.1. The van der Waals surface area contributed by atoms with Crippen LogP contribution in [0, 0.1) is 6.92 Å². The van der Waals surface area contributed by atoms with E-state index in [4.69, 9.17) is 9.47 Å². The molecule has 2 heterocycles. The largest absolute Gasteiger partial charge is 0.490 e. The van der Waals surface area contributed by atoms with E-state index in [9.17, 15) is 4.79 Å². The first-order valence-electron chi connectivity index (χ1n) is 8.92. The number of nitrogens with one attached hydrogen (secondary N) is 1. The molecule has 0 saturated heterocycles. The molecule has 0 bridgehead atoms. The van der Waals surface area contributed by atoms with Gasteiger partial charge in [0, 0.05) is 30.9 Å². The van der Waals surface area contributed by atoms with Crippen LogP contribution >= 0.6 is 0 Å². The molecule has 1 aromatic heterocycles. The second-order valence-electron chi connectivity index (χ2n) is 6.60. The zero-order valence-corrected chi connectivity index (χ0v) is 15.4. The number of carbonyl (C=O) groups excluding carboxylic acids is 1. The molecule has 0 aliphatic carbocycles. The molecule has 6 nitrogen and oxygen atoms in total. The summed E-state index contributed by atoms with van der Waals surface area (Å²) in [7, 11) is 1.80. The highest BCUT2D eigenvalue weighted by molar-refractivity contribution is 6.08. The third-order valence-electron chi connectivity index (χ3n) is 4.37. The van der Waals surface area contributed by atoms with E-state index in [2.05, 4.69) is 10.4 Å². The van der Waals surface area contributed by atoms with Gasteiger partial charge >= 0.3 is 0 Å². The molecular weight excluding hydrogens is 342 g/mol. The van der Waals surface area contributed by atoms with Crippen LogP contribution in [0.2, 0.25) is 0 Å². The van der Waals surface area contributed by atoms with Gasteiger partial charge in [0.1, 0.15) is 5.69 Å². The third kappa shape index (κ3) is 3.65. The Morgan fingerprint density at radius 3 is 2.74 bits per heavy atom. The number of anilines is 1. The molecule has 27 heavy (non-hydrogen) atoms. The molecule has 2 aromatic carbocycles. The summed E-state index contributed by atoms with van der Waals surface area (Å²) in [6.07, 6.45) is 2.57. The monoisotopic (exact) mass is 363 g/mol. The van der Waals surface area contributed by atoms with Crippen molar-refractivity contribution in [3.8, 4) is 22.8 Å². The zero-order valence-electron chi connectivity index (χ0n) is 15.4. The second kappa shape index (κ2) is 7.15. The van der Waals surface area contributed by atoms with Gasteiger partial charge in [-0.05, 0) is 42.8 Å². The van der Waals surface area contributed by atoms with Crippen molar-refractivity contribution in [2.75, 3.05) is 18.5 Å². The number of carbonyl (C=O) groups is 1. The van der Waals surface area contributed by atoms with Crippen LogP contribution in [0.25, 0.3) is 11.3 Å². The van der Waals surface area contributed by atoms with Crippen molar-refractivity contribution in [1.29, 1.82) is 0 Å². The number of amides is 1. The predicted octanol–water partition coefficient (Wildman–Crippen LogP) is 3.81. The first-order valence-corrected chi connectivity index (χ1v) is 8.92. The van der Waals surface area contributed by atoms with Gasteiger partial charge in [-0.3, -0.25) is 9.48 Å². The molecular formula is C21H21N3O3. The molecule has 0 radical (unpaired) electrons. The number of aryl methyl sites for hydroxylation is 2. The summed E-state index contributed by atoms with van der Waals surface area (Å²) < 4.78 is 13.1. The average molecular weight is 363 g/mol. The highest BCUT2D eigenvalue weighted by Gasteiger charge is 2.20. The molecule has 6 heteroatoms. The maximum absolute atomic E-state index is 12.9. The van der Waals surface area contributed by atoms with Crippen molar-refractivity contribution < 1.29 is 14.3 Å². The van der Waals surface area contributed by atoms with Crippen molar-refractivity contribution in [3.63, 3.8) is 0 Å². The zero-order chi connectivity index (χ0) is 18.8. The van der Waals surface area contributed by atoms with E-state index in [1.54, 1.807) is 17.9 Å². The highest BCUT2D eigenvalue weighted by Crippen LogP contribution is 2.35. The molecule has 1 aliphatic rings. The molecule has 1 amide bonds. The minimum absolute atomic E-state index is 0.198. The Morgan fingerprint density at radius 2 is 1.93 bits per heavy atom. The van der Waals surface area contributed by atoms with Crippen LogP contribution in [0.5, 0.6) is 11.5 Å². The quantitative estimate of drug-likeness (QED) is 0.768. The van der Waals surface area contributed by atoms with Gasteiger partial charge in [0.25, 0.3) is 5.91 Å². The molecule has 0 spiro atoms. The van der Waals surface area contributed by atoms with Gasteiger partial charge < -0.3 is 14.8 Å². The number of rotatable bonds is 3. The number of hydrogen-bond donors (Lipinski definition) is 1. The van der Waals surface area contributed by atoms with E-state index in [1.807, 2.05) is 49.4 Å². The summed E-state index contributed by atoms with van der Waals surface area (Å²) in [4.78, 5) is 12.9. The molecule has 138 valence electrons. The average Bonchev–Trinajstić information content (AvgIpc) is 2.89. The maximum Gasteiger partial charge on any atom is 0.259 e. The molecule has 0 unspecified atom stereocenters. The SMILES string of the molecule is Cc1cccc(NC(=O)c2cn(C)nc2-c2ccc3c(c2)OCCCO3)c1. The van der Waals surface area contributed by atoms with E-state index in [1.165, 1.54) is 0 Å². The summed E-state index contributed by atoms with van der Waals surface area (Å²) in [6.45, 7) is 3.24. The van der Waals surface area contributed by atoms with E-state index >= 15 is 0 Å². The minimum Gasteiger partial charge on any atom is -0.490 e. The van der Waals surface area contributed by atoms with Gasteiger partial charge in [-0.25, -0.2) is 0 Å². The highest BCUT2D eigenvalue weighted by atomic mass is 16.5. The van der Waals surface area contributed by atoms with E-state index in [-0.39, 0.29) is 5.91 Å².